The second kappa shape index (κ2) is 6.20. The summed E-state index contributed by atoms with van der Waals surface area (Å²) in [7, 11) is 0. The molecule has 2 aromatic heterocycles. The van der Waals surface area contributed by atoms with Gasteiger partial charge in [0.05, 0.1) is 5.52 Å². The zero-order chi connectivity index (χ0) is 15.6. The van der Waals surface area contributed by atoms with Crippen molar-refractivity contribution in [2.75, 3.05) is 23.3 Å². The first-order valence-corrected chi connectivity index (χ1v) is 9.10. The minimum Gasteiger partial charge on any atom is -0.380 e. The summed E-state index contributed by atoms with van der Waals surface area (Å²) >= 11 is 1.78. The van der Waals surface area contributed by atoms with Crippen molar-refractivity contribution in [2.24, 2.45) is 0 Å². The van der Waals surface area contributed by atoms with Crippen LogP contribution in [0.2, 0.25) is 0 Å². The van der Waals surface area contributed by atoms with E-state index in [-0.39, 0.29) is 0 Å². The number of benzene rings is 1. The fourth-order valence-electron chi connectivity index (χ4n) is 3.27. The SMILES string of the molecule is Cc1cc(N2CCCC2)c2ccc(NCc3cccs3)cc2n1. The summed E-state index contributed by atoms with van der Waals surface area (Å²) in [6.07, 6.45) is 2.59. The third-order valence-corrected chi connectivity index (χ3v) is 5.29. The van der Waals surface area contributed by atoms with Crippen LogP contribution in [-0.2, 0) is 6.54 Å². The molecule has 1 fully saturated rings. The van der Waals surface area contributed by atoms with Gasteiger partial charge in [0.2, 0.25) is 0 Å². The number of nitrogens with one attached hydrogen (secondary N) is 1. The van der Waals surface area contributed by atoms with Gasteiger partial charge >= 0.3 is 0 Å². The first-order chi connectivity index (χ1) is 11.3. The molecule has 1 saturated heterocycles. The lowest BCUT2D eigenvalue weighted by atomic mass is 10.1. The number of thiophene rings is 1. The molecule has 0 aliphatic carbocycles. The van der Waals surface area contributed by atoms with E-state index in [1.54, 1.807) is 11.3 Å². The molecule has 0 saturated carbocycles. The number of fused-ring (bicyclic) bond motifs is 1. The number of pyridine rings is 1. The summed E-state index contributed by atoms with van der Waals surface area (Å²) in [6, 6.07) is 13.0. The Kier molecular flexibility index (Phi) is 3.92. The Morgan fingerprint density at radius 1 is 1.17 bits per heavy atom. The molecule has 3 aromatic rings. The average Bonchev–Trinajstić information content (AvgIpc) is 3.25. The van der Waals surface area contributed by atoms with Crippen molar-refractivity contribution in [3.05, 3.63) is 52.3 Å². The smallest absolute Gasteiger partial charge is 0.0746 e. The fraction of sp³-hybridized carbons (Fsp3) is 0.316. The van der Waals surface area contributed by atoms with Crippen molar-refractivity contribution in [3.8, 4) is 0 Å². The summed E-state index contributed by atoms with van der Waals surface area (Å²) in [5, 5.41) is 6.88. The zero-order valence-electron chi connectivity index (χ0n) is 13.4. The predicted molar refractivity (Wildman–Crippen MR) is 99.6 cm³/mol. The normalized spacial score (nSPS) is 14.6. The molecule has 0 spiro atoms. The van der Waals surface area contributed by atoms with E-state index >= 15 is 0 Å². The Hall–Kier alpha value is -2.07. The van der Waals surface area contributed by atoms with Gasteiger partial charge in [0.15, 0.2) is 0 Å². The molecule has 3 heterocycles. The van der Waals surface area contributed by atoms with Crippen LogP contribution in [0.3, 0.4) is 0 Å². The van der Waals surface area contributed by atoms with Crippen molar-refractivity contribution < 1.29 is 0 Å². The number of anilines is 2. The van der Waals surface area contributed by atoms with Crippen molar-refractivity contribution in [1.82, 2.24) is 4.98 Å². The first-order valence-electron chi connectivity index (χ1n) is 8.22. The van der Waals surface area contributed by atoms with E-state index in [4.69, 9.17) is 4.98 Å². The second-order valence-corrected chi connectivity index (χ2v) is 7.17. The van der Waals surface area contributed by atoms with Crippen LogP contribution >= 0.6 is 11.3 Å². The van der Waals surface area contributed by atoms with Crippen LogP contribution in [0.15, 0.2) is 41.8 Å². The molecule has 3 nitrogen and oxygen atoms in total. The standard InChI is InChI=1S/C19H21N3S/c1-14-11-19(22-8-2-3-9-22)17-7-6-15(12-18(17)21-14)20-13-16-5-4-10-23-16/h4-7,10-12,20H,2-3,8-9,13H2,1H3. The highest BCUT2D eigenvalue weighted by Gasteiger charge is 2.16. The number of aromatic nitrogens is 1. The molecule has 1 aliphatic rings. The van der Waals surface area contributed by atoms with Crippen LogP contribution in [0.4, 0.5) is 11.4 Å². The second-order valence-electron chi connectivity index (χ2n) is 6.14. The van der Waals surface area contributed by atoms with E-state index in [1.807, 2.05) is 0 Å². The summed E-state index contributed by atoms with van der Waals surface area (Å²) in [6.45, 7) is 5.28. The number of rotatable bonds is 4. The first kappa shape index (κ1) is 14.5. The number of hydrogen-bond donors (Lipinski definition) is 1. The van der Waals surface area contributed by atoms with E-state index in [9.17, 15) is 0 Å². The van der Waals surface area contributed by atoms with E-state index in [0.717, 1.165) is 36.5 Å². The van der Waals surface area contributed by atoms with Gasteiger partial charge in [-0.3, -0.25) is 4.98 Å². The highest BCUT2D eigenvalue weighted by atomic mass is 32.1. The van der Waals surface area contributed by atoms with Gasteiger partial charge in [-0.2, -0.15) is 0 Å². The van der Waals surface area contributed by atoms with Gasteiger partial charge in [-0.1, -0.05) is 6.07 Å². The van der Waals surface area contributed by atoms with Gasteiger partial charge in [-0.25, -0.2) is 0 Å². The fourth-order valence-corrected chi connectivity index (χ4v) is 3.92. The van der Waals surface area contributed by atoms with Crippen LogP contribution < -0.4 is 10.2 Å². The van der Waals surface area contributed by atoms with Gasteiger partial charge in [-0.05, 0) is 55.5 Å². The number of aryl methyl sites for hydroxylation is 1. The molecule has 118 valence electrons. The summed E-state index contributed by atoms with van der Waals surface area (Å²) in [5.41, 5.74) is 4.66. The van der Waals surface area contributed by atoms with Crippen molar-refractivity contribution in [2.45, 2.75) is 26.3 Å². The molecule has 0 atom stereocenters. The van der Waals surface area contributed by atoms with Crippen LogP contribution in [0.25, 0.3) is 10.9 Å². The molecule has 1 aromatic carbocycles. The predicted octanol–water partition coefficient (Wildman–Crippen LogP) is 4.82. The Morgan fingerprint density at radius 2 is 2.04 bits per heavy atom. The van der Waals surface area contributed by atoms with Gasteiger partial charge in [0.1, 0.15) is 0 Å². The lowest BCUT2D eigenvalue weighted by Gasteiger charge is -2.20. The van der Waals surface area contributed by atoms with E-state index < -0.39 is 0 Å². The Bertz CT molecular complexity index is 805. The van der Waals surface area contributed by atoms with E-state index in [1.165, 1.54) is 28.8 Å². The van der Waals surface area contributed by atoms with Crippen molar-refractivity contribution >= 4 is 33.6 Å². The molecule has 0 unspecified atom stereocenters. The summed E-state index contributed by atoms with van der Waals surface area (Å²) in [5.74, 6) is 0. The van der Waals surface area contributed by atoms with Crippen molar-refractivity contribution in [1.29, 1.82) is 0 Å². The van der Waals surface area contributed by atoms with Crippen LogP contribution in [0.1, 0.15) is 23.4 Å². The van der Waals surface area contributed by atoms with Gasteiger partial charge < -0.3 is 10.2 Å². The third kappa shape index (κ3) is 3.04. The number of hydrogen-bond acceptors (Lipinski definition) is 4. The van der Waals surface area contributed by atoms with Crippen molar-refractivity contribution in [3.63, 3.8) is 0 Å². The Balaban J connectivity index is 1.65. The summed E-state index contributed by atoms with van der Waals surface area (Å²) < 4.78 is 0. The zero-order valence-corrected chi connectivity index (χ0v) is 14.2. The highest BCUT2D eigenvalue weighted by Crippen LogP contribution is 2.31. The summed E-state index contributed by atoms with van der Waals surface area (Å²) in [4.78, 5) is 8.59. The average molecular weight is 323 g/mol. The molecule has 4 rings (SSSR count). The maximum atomic E-state index is 4.75. The van der Waals surface area contributed by atoms with E-state index in [0.29, 0.717) is 0 Å². The maximum absolute atomic E-state index is 4.75. The monoisotopic (exact) mass is 323 g/mol. The van der Waals surface area contributed by atoms with Gasteiger partial charge in [-0.15, -0.1) is 11.3 Å². The van der Waals surface area contributed by atoms with E-state index in [2.05, 4.69) is 58.9 Å². The largest absolute Gasteiger partial charge is 0.380 e. The quantitative estimate of drug-likeness (QED) is 0.746. The number of nitrogens with zero attached hydrogens (tertiary/aromatic N) is 2. The lowest BCUT2D eigenvalue weighted by Crippen LogP contribution is -2.18. The Labute approximate surface area is 141 Å². The van der Waals surface area contributed by atoms with Gasteiger partial charge in [0, 0.05) is 47.0 Å². The highest BCUT2D eigenvalue weighted by molar-refractivity contribution is 7.09. The molecular formula is C19H21N3S. The third-order valence-electron chi connectivity index (χ3n) is 4.41. The van der Waals surface area contributed by atoms with Gasteiger partial charge in [0.25, 0.3) is 0 Å². The molecule has 4 heteroatoms. The minimum absolute atomic E-state index is 0.869. The maximum Gasteiger partial charge on any atom is 0.0746 e. The molecule has 1 N–H and O–H groups in total. The molecule has 0 radical (unpaired) electrons. The molecular weight excluding hydrogens is 302 g/mol. The lowest BCUT2D eigenvalue weighted by molar-refractivity contribution is 0.949. The molecule has 1 aliphatic heterocycles. The van der Waals surface area contributed by atoms with Crippen LogP contribution in [0, 0.1) is 6.92 Å². The van der Waals surface area contributed by atoms with Crippen LogP contribution in [-0.4, -0.2) is 18.1 Å². The Morgan fingerprint density at radius 3 is 2.83 bits per heavy atom. The minimum atomic E-state index is 0.869. The topological polar surface area (TPSA) is 28.2 Å². The van der Waals surface area contributed by atoms with Crippen LogP contribution in [0.5, 0.6) is 0 Å². The molecule has 23 heavy (non-hydrogen) atoms. The molecule has 0 amide bonds. The molecule has 0 bridgehead atoms.